The van der Waals surface area contributed by atoms with Crippen LogP contribution < -0.4 is 10.0 Å². The minimum absolute atomic E-state index is 0.0899. The van der Waals surface area contributed by atoms with Gasteiger partial charge in [-0.1, -0.05) is 30.0 Å². The first-order valence-electron chi connectivity index (χ1n) is 9.57. The van der Waals surface area contributed by atoms with E-state index < -0.39 is 10.0 Å². The topological polar surface area (TPSA) is 78.5 Å². The maximum absolute atomic E-state index is 12.6. The molecule has 1 atom stereocenters. The van der Waals surface area contributed by atoms with Crippen LogP contribution in [0.2, 0.25) is 0 Å². The summed E-state index contributed by atoms with van der Waals surface area (Å²) in [6, 6.07) is 13.0. The second kappa shape index (κ2) is 9.12. The van der Waals surface area contributed by atoms with E-state index in [9.17, 15) is 13.2 Å². The number of terminal acetylenes is 1. The minimum atomic E-state index is -3.66. The minimum Gasteiger partial charge on any atom is -0.325 e. The zero-order valence-corrected chi connectivity index (χ0v) is 17.2. The van der Waals surface area contributed by atoms with Gasteiger partial charge in [0.25, 0.3) is 10.0 Å². The highest BCUT2D eigenvalue weighted by molar-refractivity contribution is 7.92. The van der Waals surface area contributed by atoms with Crippen LogP contribution in [0.15, 0.2) is 53.4 Å². The third-order valence-corrected chi connectivity index (χ3v) is 6.34. The van der Waals surface area contributed by atoms with E-state index in [0.29, 0.717) is 17.9 Å². The number of hydrogen-bond acceptors (Lipinski definition) is 4. The van der Waals surface area contributed by atoms with E-state index in [1.165, 1.54) is 0 Å². The summed E-state index contributed by atoms with van der Waals surface area (Å²) in [6.45, 7) is 3.18. The Hall–Kier alpha value is -2.82. The van der Waals surface area contributed by atoms with E-state index in [0.717, 1.165) is 31.4 Å². The van der Waals surface area contributed by atoms with Gasteiger partial charge in [-0.25, -0.2) is 8.42 Å². The molecule has 7 heteroatoms. The van der Waals surface area contributed by atoms with Gasteiger partial charge < -0.3 is 5.32 Å². The predicted molar refractivity (Wildman–Crippen MR) is 115 cm³/mol. The first-order chi connectivity index (χ1) is 13.9. The molecule has 0 saturated carbocycles. The maximum Gasteiger partial charge on any atom is 0.261 e. The molecule has 2 N–H and O–H groups in total. The van der Waals surface area contributed by atoms with E-state index in [2.05, 4.69) is 16.0 Å². The SMILES string of the molecule is C#CCN1CCCCC1C(=O)Nc1ccc(NS(=O)(=O)c2ccc(C)cc2)cc1. The molecule has 3 rings (SSSR count). The summed E-state index contributed by atoms with van der Waals surface area (Å²) in [5.74, 6) is 2.52. The van der Waals surface area contributed by atoms with Crippen LogP contribution in [0, 0.1) is 19.3 Å². The lowest BCUT2D eigenvalue weighted by atomic mass is 10.0. The average molecular weight is 412 g/mol. The first kappa shape index (κ1) is 20.9. The molecule has 1 fully saturated rings. The Morgan fingerprint density at radius 3 is 2.41 bits per heavy atom. The molecule has 1 saturated heterocycles. The van der Waals surface area contributed by atoms with Crippen LogP contribution in [0.3, 0.4) is 0 Å². The van der Waals surface area contributed by atoms with E-state index in [1.807, 2.05) is 11.8 Å². The molecule has 0 radical (unpaired) electrons. The zero-order valence-electron chi connectivity index (χ0n) is 16.4. The lowest BCUT2D eigenvalue weighted by Crippen LogP contribution is -2.47. The Labute approximate surface area is 172 Å². The highest BCUT2D eigenvalue weighted by Gasteiger charge is 2.28. The lowest BCUT2D eigenvalue weighted by molar-refractivity contribution is -0.122. The molecule has 152 valence electrons. The van der Waals surface area contributed by atoms with Gasteiger partial charge >= 0.3 is 0 Å². The number of hydrogen-bond donors (Lipinski definition) is 2. The molecule has 2 aromatic rings. The van der Waals surface area contributed by atoms with Gasteiger partial charge in [0.05, 0.1) is 17.5 Å². The van der Waals surface area contributed by atoms with Crippen LogP contribution >= 0.6 is 0 Å². The number of nitrogens with one attached hydrogen (secondary N) is 2. The maximum atomic E-state index is 12.6. The normalized spacial score (nSPS) is 17.3. The summed E-state index contributed by atoms with van der Waals surface area (Å²) < 4.78 is 27.5. The highest BCUT2D eigenvalue weighted by Crippen LogP contribution is 2.21. The molecule has 0 bridgehead atoms. The second-order valence-electron chi connectivity index (χ2n) is 7.17. The number of rotatable bonds is 6. The van der Waals surface area contributed by atoms with Crippen LogP contribution in [-0.4, -0.2) is 38.4 Å². The van der Waals surface area contributed by atoms with Gasteiger partial charge in [0, 0.05) is 11.4 Å². The van der Waals surface area contributed by atoms with Gasteiger partial charge in [-0.3, -0.25) is 14.4 Å². The van der Waals surface area contributed by atoms with Crippen molar-refractivity contribution < 1.29 is 13.2 Å². The van der Waals surface area contributed by atoms with Crippen LogP contribution in [0.25, 0.3) is 0 Å². The van der Waals surface area contributed by atoms with Crippen molar-refractivity contribution in [1.82, 2.24) is 4.90 Å². The fourth-order valence-corrected chi connectivity index (χ4v) is 4.43. The Kier molecular flexibility index (Phi) is 6.57. The number of amides is 1. The molecule has 1 aliphatic rings. The van der Waals surface area contributed by atoms with Crippen molar-refractivity contribution in [3.63, 3.8) is 0 Å². The highest BCUT2D eigenvalue weighted by atomic mass is 32.2. The number of piperidine rings is 1. The number of benzene rings is 2. The number of carbonyl (C=O) groups excluding carboxylic acids is 1. The molecule has 0 aromatic heterocycles. The second-order valence-corrected chi connectivity index (χ2v) is 8.85. The number of anilines is 2. The largest absolute Gasteiger partial charge is 0.325 e. The Morgan fingerprint density at radius 2 is 1.76 bits per heavy atom. The third kappa shape index (κ3) is 5.37. The summed E-state index contributed by atoms with van der Waals surface area (Å²) in [6.07, 6.45) is 8.23. The van der Waals surface area contributed by atoms with E-state index in [4.69, 9.17) is 6.42 Å². The van der Waals surface area contributed by atoms with Gasteiger partial charge in [-0.15, -0.1) is 6.42 Å². The average Bonchev–Trinajstić information content (AvgIpc) is 2.70. The number of nitrogens with zero attached hydrogens (tertiary/aromatic N) is 1. The van der Waals surface area contributed by atoms with Gasteiger partial charge in [0.1, 0.15) is 0 Å². The Morgan fingerprint density at radius 1 is 1.10 bits per heavy atom. The summed E-state index contributed by atoms with van der Waals surface area (Å²) in [5.41, 5.74) is 2.03. The molecule has 6 nitrogen and oxygen atoms in total. The zero-order chi connectivity index (χ0) is 20.9. The van der Waals surface area contributed by atoms with Crippen LogP contribution in [0.5, 0.6) is 0 Å². The van der Waals surface area contributed by atoms with Crippen molar-refractivity contribution in [2.45, 2.75) is 37.1 Å². The summed E-state index contributed by atoms with van der Waals surface area (Å²) in [4.78, 5) is 14.9. The molecule has 1 aliphatic heterocycles. The fourth-order valence-electron chi connectivity index (χ4n) is 3.37. The van der Waals surface area contributed by atoms with Crippen LogP contribution in [0.1, 0.15) is 24.8 Å². The van der Waals surface area contributed by atoms with E-state index in [-0.39, 0.29) is 16.8 Å². The monoisotopic (exact) mass is 411 g/mol. The van der Waals surface area contributed by atoms with Crippen molar-refractivity contribution in [2.75, 3.05) is 23.1 Å². The van der Waals surface area contributed by atoms with Gasteiger partial charge in [0.15, 0.2) is 0 Å². The van der Waals surface area contributed by atoms with Gasteiger partial charge in [-0.2, -0.15) is 0 Å². The smallest absolute Gasteiger partial charge is 0.261 e. The first-order valence-corrected chi connectivity index (χ1v) is 11.1. The van der Waals surface area contributed by atoms with Crippen LogP contribution in [-0.2, 0) is 14.8 Å². The number of aryl methyl sites for hydroxylation is 1. The molecule has 2 aromatic carbocycles. The Bertz CT molecular complexity index is 993. The molecule has 29 heavy (non-hydrogen) atoms. The number of carbonyl (C=O) groups is 1. The molecular weight excluding hydrogens is 386 g/mol. The number of likely N-dealkylation sites (tertiary alicyclic amines) is 1. The third-order valence-electron chi connectivity index (χ3n) is 4.95. The fraction of sp³-hybridized carbons (Fsp3) is 0.318. The van der Waals surface area contributed by atoms with Crippen molar-refractivity contribution in [2.24, 2.45) is 0 Å². The quantitative estimate of drug-likeness (QED) is 0.716. The lowest BCUT2D eigenvalue weighted by Gasteiger charge is -2.33. The van der Waals surface area contributed by atoms with Crippen molar-refractivity contribution in [1.29, 1.82) is 0 Å². The molecule has 1 heterocycles. The van der Waals surface area contributed by atoms with Crippen molar-refractivity contribution in [3.8, 4) is 12.3 Å². The molecule has 1 amide bonds. The summed E-state index contributed by atoms with van der Waals surface area (Å²) in [5, 5.41) is 2.90. The Balaban J connectivity index is 1.64. The van der Waals surface area contributed by atoms with Crippen molar-refractivity contribution >= 4 is 27.3 Å². The predicted octanol–water partition coefficient (Wildman–Crippen LogP) is 3.22. The molecule has 0 spiro atoms. The van der Waals surface area contributed by atoms with Gasteiger partial charge in [0.2, 0.25) is 5.91 Å². The number of sulfonamides is 1. The van der Waals surface area contributed by atoms with Crippen LogP contribution in [0.4, 0.5) is 11.4 Å². The van der Waals surface area contributed by atoms with Gasteiger partial charge in [-0.05, 0) is 62.7 Å². The van der Waals surface area contributed by atoms with Crippen molar-refractivity contribution in [3.05, 3.63) is 54.1 Å². The molecular formula is C22H25N3O3S. The molecule has 1 unspecified atom stereocenters. The summed E-state index contributed by atoms with van der Waals surface area (Å²) >= 11 is 0. The summed E-state index contributed by atoms with van der Waals surface area (Å²) in [7, 11) is -3.66. The molecule has 0 aliphatic carbocycles. The van der Waals surface area contributed by atoms with E-state index in [1.54, 1.807) is 48.5 Å². The standard InChI is InChI=1S/C22H25N3O3S/c1-3-15-25-16-5-4-6-21(25)22(26)23-18-9-11-19(12-10-18)24-29(27,28)20-13-7-17(2)8-14-20/h1,7-14,21,24H,4-6,15-16H2,2H3,(H,23,26). The van der Waals surface area contributed by atoms with E-state index >= 15 is 0 Å².